The van der Waals surface area contributed by atoms with Crippen molar-refractivity contribution in [3.63, 3.8) is 0 Å². The van der Waals surface area contributed by atoms with Crippen molar-refractivity contribution in [1.29, 1.82) is 0 Å². The number of anilines is 1. The van der Waals surface area contributed by atoms with E-state index in [0.717, 1.165) is 11.8 Å². The van der Waals surface area contributed by atoms with E-state index in [1.54, 1.807) is 18.2 Å². The van der Waals surface area contributed by atoms with Gasteiger partial charge in [-0.2, -0.15) is 0 Å². The Morgan fingerprint density at radius 2 is 1.90 bits per heavy atom. The van der Waals surface area contributed by atoms with Gasteiger partial charge in [0.05, 0.1) is 5.56 Å². The Kier molecular flexibility index (Phi) is 4.23. The van der Waals surface area contributed by atoms with Crippen LogP contribution < -0.4 is 5.32 Å². The van der Waals surface area contributed by atoms with E-state index in [-0.39, 0.29) is 16.3 Å². The van der Waals surface area contributed by atoms with Crippen molar-refractivity contribution in [2.75, 3.05) is 11.6 Å². The van der Waals surface area contributed by atoms with Crippen LogP contribution in [-0.4, -0.2) is 30.7 Å². The van der Waals surface area contributed by atoms with Gasteiger partial charge in [0.15, 0.2) is 9.84 Å². The van der Waals surface area contributed by atoms with Gasteiger partial charge in [0.1, 0.15) is 10.7 Å². The van der Waals surface area contributed by atoms with Gasteiger partial charge in [0.25, 0.3) is 0 Å². The molecule has 0 saturated heterocycles. The highest BCUT2D eigenvalue weighted by Gasteiger charge is 2.13. The van der Waals surface area contributed by atoms with E-state index in [1.807, 2.05) is 0 Å². The highest BCUT2D eigenvalue weighted by molar-refractivity contribution is 7.90. The fourth-order valence-electron chi connectivity index (χ4n) is 1.77. The van der Waals surface area contributed by atoms with E-state index in [1.165, 1.54) is 24.4 Å². The van der Waals surface area contributed by atoms with Crippen LogP contribution in [0.1, 0.15) is 15.9 Å². The van der Waals surface area contributed by atoms with Crippen molar-refractivity contribution in [1.82, 2.24) is 4.98 Å². The molecule has 2 aromatic rings. The highest BCUT2D eigenvalue weighted by Crippen LogP contribution is 2.18. The summed E-state index contributed by atoms with van der Waals surface area (Å²) in [6, 6.07) is 9.37. The lowest BCUT2D eigenvalue weighted by Crippen LogP contribution is -2.08. The van der Waals surface area contributed by atoms with Gasteiger partial charge in [-0.25, -0.2) is 18.2 Å². The maximum atomic E-state index is 11.6. The molecule has 1 heterocycles. The monoisotopic (exact) mass is 306 g/mol. The van der Waals surface area contributed by atoms with Gasteiger partial charge in [-0.15, -0.1) is 0 Å². The third kappa shape index (κ3) is 3.79. The summed E-state index contributed by atoms with van der Waals surface area (Å²) in [6.07, 6.45) is 2.63. The number of carbonyl (C=O) groups is 1. The molecule has 6 nitrogen and oxygen atoms in total. The Balaban J connectivity index is 2.15. The van der Waals surface area contributed by atoms with Crippen LogP contribution in [0.2, 0.25) is 0 Å². The van der Waals surface area contributed by atoms with Crippen LogP contribution in [0.5, 0.6) is 0 Å². The van der Waals surface area contributed by atoms with Gasteiger partial charge in [0.2, 0.25) is 0 Å². The zero-order valence-corrected chi connectivity index (χ0v) is 12.1. The average molecular weight is 306 g/mol. The minimum atomic E-state index is -3.36. The van der Waals surface area contributed by atoms with Gasteiger partial charge >= 0.3 is 5.97 Å². The number of carboxylic acids is 1. The lowest BCUT2D eigenvalue weighted by Gasteiger charge is -2.09. The zero-order chi connectivity index (χ0) is 15.5. The second kappa shape index (κ2) is 5.92. The third-order valence-corrected chi connectivity index (χ3v) is 3.96. The molecule has 0 saturated carbocycles. The van der Waals surface area contributed by atoms with Crippen molar-refractivity contribution < 1.29 is 18.3 Å². The molecular weight excluding hydrogens is 292 g/mol. The number of carboxylic acid groups (broad SMARTS) is 1. The molecule has 0 aliphatic heterocycles. The molecule has 2 rings (SSSR count). The van der Waals surface area contributed by atoms with Crippen LogP contribution in [0.4, 0.5) is 5.82 Å². The molecule has 2 N–H and O–H groups in total. The fraction of sp³-hybridized carbons (Fsp3) is 0.143. The van der Waals surface area contributed by atoms with E-state index in [4.69, 9.17) is 5.11 Å². The molecule has 1 aromatic heterocycles. The molecule has 0 fully saturated rings. The minimum Gasteiger partial charge on any atom is -0.478 e. The Morgan fingerprint density at radius 1 is 1.24 bits per heavy atom. The van der Waals surface area contributed by atoms with Crippen molar-refractivity contribution in [2.24, 2.45) is 0 Å². The van der Waals surface area contributed by atoms with Crippen LogP contribution in [0.25, 0.3) is 0 Å². The average Bonchev–Trinajstić information content (AvgIpc) is 2.45. The highest BCUT2D eigenvalue weighted by atomic mass is 32.2. The molecule has 21 heavy (non-hydrogen) atoms. The van der Waals surface area contributed by atoms with E-state index in [2.05, 4.69) is 10.3 Å². The van der Waals surface area contributed by atoms with Gasteiger partial charge in [0, 0.05) is 19.0 Å². The summed E-state index contributed by atoms with van der Waals surface area (Å²) in [5.41, 5.74) is 1.03. The number of hydrogen-bond acceptors (Lipinski definition) is 5. The van der Waals surface area contributed by atoms with Crippen molar-refractivity contribution in [2.45, 2.75) is 11.4 Å². The quantitative estimate of drug-likeness (QED) is 0.874. The van der Waals surface area contributed by atoms with Crippen LogP contribution in [-0.2, 0) is 16.4 Å². The van der Waals surface area contributed by atoms with Gasteiger partial charge in [-0.3, -0.25) is 0 Å². The molecule has 110 valence electrons. The second-order valence-electron chi connectivity index (χ2n) is 4.48. The molecular formula is C14H14N2O4S. The molecule has 0 spiro atoms. The maximum Gasteiger partial charge on any atom is 0.335 e. The Hall–Kier alpha value is -2.41. The van der Waals surface area contributed by atoms with Gasteiger partial charge in [-0.1, -0.05) is 12.1 Å². The normalized spacial score (nSPS) is 11.1. The van der Waals surface area contributed by atoms with Crippen LogP contribution in [0.3, 0.4) is 0 Å². The molecule has 7 heteroatoms. The standard InChI is InChI=1S/C14H14N2O4S/c1-21(19,20)12-3-2-8-15-13(12)16-9-10-4-6-11(7-5-10)14(17)18/h2-8H,9H2,1H3,(H,15,16)(H,17,18). The van der Waals surface area contributed by atoms with Crippen LogP contribution in [0.15, 0.2) is 47.5 Å². The van der Waals surface area contributed by atoms with Crippen LogP contribution in [0, 0.1) is 0 Å². The smallest absolute Gasteiger partial charge is 0.335 e. The summed E-state index contributed by atoms with van der Waals surface area (Å²) in [5, 5.41) is 11.8. The Morgan fingerprint density at radius 3 is 2.48 bits per heavy atom. The number of nitrogens with zero attached hydrogens (tertiary/aromatic N) is 1. The SMILES string of the molecule is CS(=O)(=O)c1cccnc1NCc1ccc(C(=O)O)cc1. The Bertz CT molecular complexity index is 755. The van der Waals surface area contributed by atoms with E-state index < -0.39 is 15.8 Å². The van der Waals surface area contributed by atoms with Gasteiger partial charge in [-0.05, 0) is 29.8 Å². The fourth-order valence-corrected chi connectivity index (χ4v) is 2.58. The first-order valence-electron chi connectivity index (χ1n) is 6.09. The van der Waals surface area contributed by atoms with E-state index >= 15 is 0 Å². The van der Waals surface area contributed by atoms with E-state index in [0.29, 0.717) is 6.54 Å². The first-order valence-corrected chi connectivity index (χ1v) is 7.98. The molecule has 0 atom stereocenters. The number of nitrogens with one attached hydrogen (secondary N) is 1. The van der Waals surface area contributed by atoms with Crippen molar-refractivity contribution in [3.8, 4) is 0 Å². The molecule has 0 aliphatic carbocycles. The second-order valence-corrected chi connectivity index (χ2v) is 6.46. The molecule has 0 bridgehead atoms. The largest absolute Gasteiger partial charge is 0.478 e. The number of benzene rings is 1. The number of aromatic nitrogens is 1. The summed E-state index contributed by atoms with van der Waals surface area (Å²) < 4.78 is 23.3. The lowest BCUT2D eigenvalue weighted by atomic mass is 10.1. The first kappa shape index (κ1) is 15.0. The first-order chi connectivity index (χ1) is 9.88. The summed E-state index contributed by atoms with van der Waals surface area (Å²) in [5.74, 6) is -0.707. The molecule has 0 aliphatic rings. The zero-order valence-electron chi connectivity index (χ0n) is 11.3. The topological polar surface area (TPSA) is 96.4 Å². The molecule has 1 aromatic carbocycles. The predicted octanol–water partition coefficient (Wildman–Crippen LogP) is 1.80. The minimum absolute atomic E-state index is 0.132. The summed E-state index contributed by atoms with van der Waals surface area (Å²) >= 11 is 0. The van der Waals surface area contributed by atoms with Crippen molar-refractivity contribution >= 4 is 21.6 Å². The summed E-state index contributed by atoms with van der Waals surface area (Å²) in [4.78, 5) is 14.9. The Labute approximate surface area is 122 Å². The predicted molar refractivity (Wildman–Crippen MR) is 78.1 cm³/mol. The number of aromatic carboxylic acids is 1. The number of pyridine rings is 1. The lowest BCUT2D eigenvalue weighted by molar-refractivity contribution is 0.0697. The molecule has 0 unspecified atom stereocenters. The van der Waals surface area contributed by atoms with E-state index in [9.17, 15) is 13.2 Å². The van der Waals surface area contributed by atoms with Crippen molar-refractivity contribution in [3.05, 3.63) is 53.7 Å². The number of hydrogen-bond donors (Lipinski definition) is 2. The molecule has 0 amide bonds. The summed E-state index contributed by atoms with van der Waals surface area (Å²) in [7, 11) is -3.36. The third-order valence-electron chi connectivity index (χ3n) is 2.83. The number of sulfone groups is 1. The van der Waals surface area contributed by atoms with Crippen LogP contribution >= 0.6 is 0 Å². The van der Waals surface area contributed by atoms with Gasteiger partial charge < -0.3 is 10.4 Å². The maximum absolute atomic E-state index is 11.6. The number of rotatable bonds is 5. The summed E-state index contributed by atoms with van der Waals surface area (Å²) in [6.45, 7) is 0.347. The molecule has 0 radical (unpaired) electrons.